The molecule has 2 amide bonds. The number of carbonyl (C=O) groups excluding carboxylic acids is 2. The van der Waals surface area contributed by atoms with E-state index in [9.17, 15) is 9.59 Å². The molecule has 0 aliphatic carbocycles. The van der Waals surface area contributed by atoms with Crippen molar-refractivity contribution in [3.63, 3.8) is 0 Å². The number of halogens is 1. The van der Waals surface area contributed by atoms with Crippen molar-refractivity contribution in [1.29, 1.82) is 0 Å². The van der Waals surface area contributed by atoms with E-state index in [0.717, 1.165) is 11.1 Å². The van der Waals surface area contributed by atoms with Crippen molar-refractivity contribution < 1.29 is 14.3 Å². The molecule has 3 aliphatic heterocycles. The maximum atomic E-state index is 13.2. The van der Waals surface area contributed by atoms with Crippen molar-refractivity contribution in [3.05, 3.63) is 82.9 Å². The maximum absolute atomic E-state index is 13.2. The van der Waals surface area contributed by atoms with Crippen molar-refractivity contribution in [2.75, 3.05) is 6.54 Å². The topological polar surface area (TPSA) is 58.6 Å². The molecule has 1 N–H and O–H groups in total. The van der Waals surface area contributed by atoms with Gasteiger partial charge in [-0.05, 0) is 23.3 Å². The molecule has 4 atom stereocenters. The fourth-order valence-corrected chi connectivity index (χ4v) is 4.85. The molecule has 0 saturated carbocycles. The zero-order valence-corrected chi connectivity index (χ0v) is 16.5. The lowest BCUT2D eigenvalue weighted by Gasteiger charge is -2.23. The number of ether oxygens (including phenoxy) is 1. The molecule has 6 heteroatoms. The summed E-state index contributed by atoms with van der Waals surface area (Å²) >= 11 is 5.92. The molecule has 5 nitrogen and oxygen atoms in total. The number of benzene rings is 2. The summed E-state index contributed by atoms with van der Waals surface area (Å²) in [4.78, 5) is 28.0. The predicted molar refractivity (Wildman–Crippen MR) is 109 cm³/mol. The normalized spacial score (nSPS) is 29.3. The number of nitrogens with zero attached hydrogens (tertiary/aromatic N) is 1. The Kier molecular flexibility index (Phi) is 4.45. The number of carbonyl (C=O) groups is 2. The van der Waals surface area contributed by atoms with Gasteiger partial charge in [0.15, 0.2) is 0 Å². The van der Waals surface area contributed by atoms with Crippen LogP contribution in [0.5, 0.6) is 0 Å². The first-order chi connectivity index (χ1) is 14.1. The van der Waals surface area contributed by atoms with Gasteiger partial charge >= 0.3 is 0 Å². The van der Waals surface area contributed by atoms with E-state index in [2.05, 4.69) is 5.32 Å². The van der Waals surface area contributed by atoms with E-state index < -0.39 is 17.4 Å². The molecule has 148 valence electrons. The maximum Gasteiger partial charge on any atom is 0.230 e. The molecular formula is C23H21ClN2O3. The lowest BCUT2D eigenvalue weighted by molar-refractivity contribution is -0.137. The lowest BCUT2D eigenvalue weighted by atomic mass is 9.77. The number of hydrogen-bond acceptors (Lipinski definition) is 3. The van der Waals surface area contributed by atoms with Crippen LogP contribution in [0.15, 0.2) is 66.7 Å². The van der Waals surface area contributed by atoms with Gasteiger partial charge in [-0.1, -0.05) is 66.2 Å². The van der Waals surface area contributed by atoms with Gasteiger partial charge in [-0.2, -0.15) is 0 Å². The van der Waals surface area contributed by atoms with E-state index in [4.69, 9.17) is 16.3 Å². The average Bonchev–Trinajstić information content (AvgIpc) is 3.36. The Balaban J connectivity index is 1.31. The van der Waals surface area contributed by atoms with Crippen LogP contribution in [0.3, 0.4) is 0 Å². The number of likely N-dealkylation sites (tertiary alicyclic amines) is 1. The monoisotopic (exact) mass is 408 g/mol. The molecule has 3 aliphatic rings. The molecule has 2 aromatic rings. The summed E-state index contributed by atoms with van der Waals surface area (Å²) in [5, 5.41) is 3.63. The summed E-state index contributed by atoms with van der Waals surface area (Å²) in [6, 6.07) is 17.2. The van der Waals surface area contributed by atoms with E-state index in [0.29, 0.717) is 24.7 Å². The Hall–Kier alpha value is -2.63. The molecule has 3 heterocycles. The number of fused-ring (bicyclic) bond motifs is 1. The van der Waals surface area contributed by atoms with Crippen LogP contribution < -0.4 is 5.32 Å². The molecule has 0 aromatic heterocycles. The summed E-state index contributed by atoms with van der Waals surface area (Å²) in [5.74, 6) is -1.12. The summed E-state index contributed by atoms with van der Waals surface area (Å²) in [5.41, 5.74) is 1.35. The summed E-state index contributed by atoms with van der Waals surface area (Å²) < 4.78 is 6.17. The third-order valence-corrected chi connectivity index (χ3v) is 6.33. The largest absolute Gasteiger partial charge is 0.360 e. The molecule has 2 bridgehead atoms. The number of hydrogen-bond donors (Lipinski definition) is 1. The second-order valence-corrected chi connectivity index (χ2v) is 8.36. The summed E-state index contributed by atoms with van der Waals surface area (Å²) in [6.07, 6.45) is 3.57. The van der Waals surface area contributed by atoms with Gasteiger partial charge < -0.3 is 15.0 Å². The molecule has 1 spiro atoms. The third-order valence-electron chi connectivity index (χ3n) is 6.08. The first-order valence-electron chi connectivity index (χ1n) is 9.78. The first-order valence-corrected chi connectivity index (χ1v) is 10.2. The van der Waals surface area contributed by atoms with Gasteiger partial charge in [0.25, 0.3) is 0 Å². The van der Waals surface area contributed by atoms with Gasteiger partial charge in [0.05, 0.1) is 24.5 Å². The van der Waals surface area contributed by atoms with Crippen LogP contribution in [0.4, 0.5) is 0 Å². The first kappa shape index (κ1) is 18.4. The highest BCUT2D eigenvalue weighted by atomic mass is 35.5. The molecule has 2 saturated heterocycles. The minimum atomic E-state index is -0.682. The fourth-order valence-electron chi connectivity index (χ4n) is 4.72. The Labute approximate surface area is 174 Å². The van der Waals surface area contributed by atoms with Crippen LogP contribution in [0.25, 0.3) is 0 Å². The molecule has 29 heavy (non-hydrogen) atoms. The second-order valence-electron chi connectivity index (χ2n) is 7.92. The zero-order chi connectivity index (χ0) is 20.0. The molecule has 5 rings (SSSR count). The average molecular weight is 409 g/mol. The zero-order valence-electron chi connectivity index (χ0n) is 15.8. The van der Waals surface area contributed by atoms with Gasteiger partial charge in [-0.25, -0.2) is 0 Å². The van der Waals surface area contributed by atoms with E-state index in [1.165, 1.54) is 0 Å². The van der Waals surface area contributed by atoms with Gasteiger partial charge in [0.1, 0.15) is 5.60 Å². The van der Waals surface area contributed by atoms with E-state index in [1.54, 1.807) is 12.1 Å². The minimum Gasteiger partial charge on any atom is -0.360 e. The Bertz CT molecular complexity index is 975. The molecule has 2 aromatic carbocycles. The third kappa shape index (κ3) is 3.15. The molecule has 2 fully saturated rings. The number of nitrogens with one attached hydrogen (secondary N) is 1. The van der Waals surface area contributed by atoms with Crippen molar-refractivity contribution >= 4 is 23.4 Å². The van der Waals surface area contributed by atoms with Gasteiger partial charge in [-0.15, -0.1) is 0 Å². The molecule has 2 unspecified atom stereocenters. The highest BCUT2D eigenvalue weighted by molar-refractivity contribution is 6.30. The van der Waals surface area contributed by atoms with Crippen molar-refractivity contribution in [2.24, 2.45) is 11.8 Å². The van der Waals surface area contributed by atoms with E-state index in [1.807, 2.05) is 59.5 Å². The fraction of sp³-hybridized carbons (Fsp3) is 0.304. The number of amides is 2. The van der Waals surface area contributed by atoms with Crippen LogP contribution in [-0.4, -0.2) is 35.0 Å². The van der Waals surface area contributed by atoms with E-state index >= 15 is 0 Å². The van der Waals surface area contributed by atoms with Crippen LogP contribution in [0, 0.1) is 11.8 Å². The van der Waals surface area contributed by atoms with Crippen LogP contribution in [0.1, 0.15) is 11.1 Å². The Morgan fingerprint density at radius 2 is 1.90 bits per heavy atom. The van der Waals surface area contributed by atoms with Crippen LogP contribution in [-0.2, 0) is 27.4 Å². The Morgan fingerprint density at radius 3 is 2.66 bits per heavy atom. The standard InChI is InChI=1S/C23H21ClN2O3/c24-17-8-6-15(7-9-17)12-25-21(27)19-18-10-11-23(29-18)14-26(22(28)20(19)23)13-16-4-2-1-3-5-16/h1-11,18-20H,12-14H2,(H,25,27)/t18-,19?,20-,23?/m0/s1. The lowest BCUT2D eigenvalue weighted by Crippen LogP contribution is -2.43. The summed E-state index contributed by atoms with van der Waals surface area (Å²) in [7, 11) is 0. The summed E-state index contributed by atoms with van der Waals surface area (Å²) in [6.45, 7) is 1.41. The number of rotatable bonds is 5. The molecule has 0 radical (unpaired) electrons. The van der Waals surface area contributed by atoms with Gasteiger partial charge in [0, 0.05) is 18.1 Å². The van der Waals surface area contributed by atoms with Gasteiger partial charge in [0.2, 0.25) is 11.8 Å². The SMILES string of the molecule is O=C(NCc1ccc(Cl)cc1)C1[C@@H]2C=CC3(CN(Cc4ccccc4)C(=O)[C@H]13)O2. The van der Waals surface area contributed by atoms with Crippen LogP contribution >= 0.6 is 11.6 Å². The smallest absolute Gasteiger partial charge is 0.230 e. The second kappa shape index (κ2) is 7.01. The predicted octanol–water partition coefficient (Wildman–Crippen LogP) is 2.94. The van der Waals surface area contributed by atoms with E-state index in [-0.39, 0.29) is 17.9 Å². The highest BCUT2D eigenvalue weighted by Gasteiger charge is 2.66. The minimum absolute atomic E-state index is 0.00709. The van der Waals surface area contributed by atoms with Crippen molar-refractivity contribution in [3.8, 4) is 0 Å². The van der Waals surface area contributed by atoms with Crippen LogP contribution in [0.2, 0.25) is 5.02 Å². The van der Waals surface area contributed by atoms with Crippen molar-refractivity contribution in [2.45, 2.75) is 24.8 Å². The molecular weight excluding hydrogens is 388 g/mol. The Morgan fingerprint density at radius 1 is 1.14 bits per heavy atom. The van der Waals surface area contributed by atoms with Crippen molar-refractivity contribution in [1.82, 2.24) is 10.2 Å². The quantitative estimate of drug-likeness (QED) is 0.774. The van der Waals surface area contributed by atoms with Gasteiger partial charge in [-0.3, -0.25) is 9.59 Å². The highest BCUT2D eigenvalue weighted by Crippen LogP contribution is 2.52.